The monoisotopic (exact) mass is 507 g/mol. The fraction of sp³-hybridized carbons (Fsp3) is 0.609. The molecule has 35 heavy (non-hydrogen) atoms. The van der Waals surface area contributed by atoms with Crippen LogP contribution in [0, 0.1) is 17.8 Å². The van der Waals surface area contributed by atoms with Crippen molar-refractivity contribution < 1.29 is 40.6 Å². The van der Waals surface area contributed by atoms with Crippen molar-refractivity contribution in [1.29, 1.82) is 0 Å². The second kappa shape index (κ2) is 10.3. The number of carbonyl (C=O) groups is 1. The Morgan fingerprint density at radius 1 is 1.09 bits per heavy atom. The molecular formula is C23H27F6N3O3. The van der Waals surface area contributed by atoms with E-state index in [9.17, 15) is 31.1 Å². The third kappa shape index (κ3) is 7.26. The summed E-state index contributed by atoms with van der Waals surface area (Å²) in [5, 5.41) is 3.17. The quantitative estimate of drug-likeness (QED) is 0.471. The molecule has 0 bridgehead atoms. The molecule has 1 amide bonds. The van der Waals surface area contributed by atoms with Gasteiger partial charge in [-0.15, -0.1) is 0 Å². The summed E-state index contributed by atoms with van der Waals surface area (Å²) in [7, 11) is 0. The Labute approximate surface area is 197 Å². The summed E-state index contributed by atoms with van der Waals surface area (Å²) >= 11 is 0. The fourth-order valence-electron chi connectivity index (χ4n) is 5.22. The van der Waals surface area contributed by atoms with Gasteiger partial charge in [0.25, 0.3) is 0 Å². The third-order valence-electron chi connectivity index (χ3n) is 6.55. The maximum Gasteiger partial charge on any atom is 0.411 e. The highest BCUT2D eigenvalue weighted by atomic mass is 19.4. The second-order valence-corrected chi connectivity index (χ2v) is 9.37. The molecule has 3 atom stereocenters. The molecule has 4 rings (SSSR count). The predicted octanol–water partition coefficient (Wildman–Crippen LogP) is 4.97. The highest BCUT2D eigenvalue weighted by Gasteiger charge is 2.43. The summed E-state index contributed by atoms with van der Waals surface area (Å²) in [4.78, 5) is 16.4. The van der Waals surface area contributed by atoms with Crippen LogP contribution in [0.1, 0.15) is 19.3 Å². The molecule has 0 radical (unpaired) electrons. The molecule has 1 aromatic carbocycles. The maximum absolute atomic E-state index is 12.6. The molecular weight excluding hydrogens is 480 g/mol. The van der Waals surface area contributed by atoms with Crippen molar-refractivity contribution in [3.8, 4) is 5.75 Å². The maximum atomic E-state index is 12.6. The van der Waals surface area contributed by atoms with Crippen LogP contribution in [0.4, 0.5) is 32.0 Å². The first-order valence-corrected chi connectivity index (χ1v) is 11.4. The zero-order valence-corrected chi connectivity index (χ0v) is 18.8. The zero-order chi connectivity index (χ0) is 25.2. The van der Waals surface area contributed by atoms with Crippen LogP contribution in [-0.4, -0.2) is 67.6 Å². The summed E-state index contributed by atoms with van der Waals surface area (Å²) in [6.45, 7) is -1.60. The van der Waals surface area contributed by atoms with Crippen LogP contribution in [0.2, 0.25) is 0 Å². The summed E-state index contributed by atoms with van der Waals surface area (Å²) in [6.07, 6.45) is -4.50. The zero-order valence-electron chi connectivity index (χ0n) is 18.8. The van der Waals surface area contributed by atoms with Gasteiger partial charge in [0.2, 0.25) is 5.91 Å². The number of hydrogen-bond acceptors (Lipinski definition) is 4. The molecule has 0 unspecified atom stereocenters. The van der Waals surface area contributed by atoms with Crippen molar-refractivity contribution in [1.82, 2.24) is 9.88 Å². The van der Waals surface area contributed by atoms with Crippen LogP contribution in [0.5, 0.6) is 5.75 Å². The first kappa shape index (κ1) is 25.6. The number of aromatic amines is 1. The number of ether oxygens (including phenoxy) is 2. The topological polar surface area (TPSA) is 66.6 Å². The van der Waals surface area contributed by atoms with Crippen molar-refractivity contribution in [3.05, 3.63) is 24.4 Å². The van der Waals surface area contributed by atoms with Crippen molar-refractivity contribution in [2.24, 2.45) is 17.8 Å². The molecule has 12 heteroatoms. The standard InChI is InChI=1S/C23H27F6N3O3/c24-22(25,26)12-32-9-15-5-14(6-16(15)10-32)3-4-35-17-1-2-19-18(7-17)20(8-30-19)31-21(33)11-34-13-23(27,28)29/h1-2,7-8,14-16,30H,3-6,9-13H2,(H,31,33)/t14-,15-,16+. The molecule has 2 fully saturated rings. The number of halogens is 6. The number of amides is 1. The number of fused-ring (bicyclic) bond motifs is 2. The van der Waals surface area contributed by atoms with Gasteiger partial charge in [-0.2, -0.15) is 26.3 Å². The van der Waals surface area contributed by atoms with E-state index >= 15 is 0 Å². The number of anilines is 1. The number of carbonyl (C=O) groups excluding carboxylic acids is 1. The van der Waals surface area contributed by atoms with Crippen molar-refractivity contribution in [2.45, 2.75) is 31.6 Å². The van der Waals surface area contributed by atoms with E-state index in [0.717, 1.165) is 24.8 Å². The fourth-order valence-corrected chi connectivity index (χ4v) is 5.22. The number of nitrogens with zero attached hydrogens (tertiary/aromatic N) is 1. The van der Waals surface area contributed by atoms with Crippen LogP contribution < -0.4 is 10.1 Å². The van der Waals surface area contributed by atoms with E-state index in [1.807, 2.05) is 0 Å². The molecule has 0 spiro atoms. The highest BCUT2D eigenvalue weighted by Crippen LogP contribution is 2.43. The normalized spacial score (nSPS) is 23.1. The van der Waals surface area contributed by atoms with E-state index < -0.39 is 38.0 Å². The molecule has 6 nitrogen and oxygen atoms in total. The molecule has 2 N–H and O–H groups in total. The average Bonchev–Trinajstić information content (AvgIpc) is 3.39. The van der Waals surface area contributed by atoms with Crippen LogP contribution in [0.3, 0.4) is 0 Å². The predicted molar refractivity (Wildman–Crippen MR) is 116 cm³/mol. The van der Waals surface area contributed by atoms with Crippen molar-refractivity contribution in [2.75, 3.05) is 44.8 Å². The number of H-pyrrole nitrogens is 1. The van der Waals surface area contributed by atoms with Gasteiger partial charge in [-0.1, -0.05) is 0 Å². The Morgan fingerprint density at radius 3 is 2.46 bits per heavy atom. The van der Waals surface area contributed by atoms with Gasteiger partial charge in [0.05, 0.1) is 18.8 Å². The van der Waals surface area contributed by atoms with E-state index in [0.29, 0.717) is 54.3 Å². The summed E-state index contributed by atoms with van der Waals surface area (Å²) in [5.74, 6) is 0.910. The van der Waals surface area contributed by atoms with Gasteiger partial charge >= 0.3 is 12.4 Å². The number of aromatic nitrogens is 1. The Hall–Kier alpha value is -2.47. The summed E-state index contributed by atoms with van der Waals surface area (Å²) in [5.41, 5.74) is 1.12. The van der Waals surface area contributed by atoms with Gasteiger partial charge in [0, 0.05) is 30.2 Å². The first-order valence-electron chi connectivity index (χ1n) is 11.4. The Kier molecular flexibility index (Phi) is 7.51. The lowest BCUT2D eigenvalue weighted by Gasteiger charge is -2.20. The lowest BCUT2D eigenvalue weighted by molar-refractivity contribution is -0.174. The van der Waals surface area contributed by atoms with Crippen LogP contribution in [0.25, 0.3) is 10.9 Å². The van der Waals surface area contributed by atoms with Gasteiger partial charge in [0.15, 0.2) is 0 Å². The minimum absolute atomic E-state index is 0.310. The molecule has 1 saturated carbocycles. The molecule has 1 aromatic heterocycles. The number of hydrogen-bond donors (Lipinski definition) is 2. The third-order valence-corrected chi connectivity index (χ3v) is 6.55. The number of likely N-dealkylation sites (tertiary alicyclic amines) is 1. The molecule has 1 saturated heterocycles. The van der Waals surface area contributed by atoms with Crippen molar-refractivity contribution in [3.63, 3.8) is 0 Å². The molecule has 194 valence electrons. The van der Waals surface area contributed by atoms with Gasteiger partial charge in [0.1, 0.15) is 19.0 Å². The molecule has 1 aliphatic heterocycles. The lowest BCUT2D eigenvalue weighted by atomic mass is 10.0. The Bertz CT molecular complexity index is 1010. The Morgan fingerprint density at radius 2 is 1.80 bits per heavy atom. The summed E-state index contributed by atoms with van der Waals surface area (Å²) in [6, 6.07) is 5.28. The van der Waals surface area contributed by atoms with Gasteiger partial charge in [-0.3, -0.25) is 9.69 Å². The molecule has 2 heterocycles. The van der Waals surface area contributed by atoms with Gasteiger partial charge < -0.3 is 19.8 Å². The lowest BCUT2D eigenvalue weighted by Crippen LogP contribution is -2.33. The van der Waals surface area contributed by atoms with E-state index in [1.54, 1.807) is 18.2 Å². The second-order valence-electron chi connectivity index (χ2n) is 9.37. The minimum atomic E-state index is -4.50. The largest absolute Gasteiger partial charge is 0.494 e. The SMILES string of the molecule is O=C(COCC(F)(F)F)Nc1c[nH]c2ccc(OCC[C@@H]3C[C@@H]4CN(CC(F)(F)F)C[C@@H]4C3)cc12. The molecule has 1 aliphatic carbocycles. The van der Waals surface area contributed by atoms with Crippen molar-refractivity contribution >= 4 is 22.5 Å². The van der Waals surface area contributed by atoms with E-state index in [4.69, 9.17) is 4.74 Å². The highest BCUT2D eigenvalue weighted by molar-refractivity contribution is 6.02. The van der Waals surface area contributed by atoms with Gasteiger partial charge in [-0.05, 0) is 55.2 Å². The molecule has 2 aliphatic rings. The first-order chi connectivity index (χ1) is 16.4. The number of rotatable bonds is 9. The van der Waals surface area contributed by atoms with Crippen LogP contribution in [0.15, 0.2) is 24.4 Å². The van der Waals surface area contributed by atoms with E-state index in [2.05, 4.69) is 15.0 Å². The summed E-state index contributed by atoms with van der Waals surface area (Å²) < 4.78 is 84.6. The number of alkyl halides is 6. The van der Waals surface area contributed by atoms with Crippen LogP contribution >= 0.6 is 0 Å². The number of benzene rings is 1. The van der Waals surface area contributed by atoms with Gasteiger partial charge in [-0.25, -0.2) is 0 Å². The Balaban J connectivity index is 1.23. The molecule has 2 aromatic rings. The van der Waals surface area contributed by atoms with E-state index in [-0.39, 0.29) is 0 Å². The van der Waals surface area contributed by atoms with E-state index in [1.165, 1.54) is 11.1 Å². The average molecular weight is 507 g/mol. The smallest absolute Gasteiger partial charge is 0.411 e. The minimum Gasteiger partial charge on any atom is -0.494 e. The number of nitrogens with one attached hydrogen (secondary N) is 2. The van der Waals surface area contributed by atoms with Crippen LogP contribution in [-0.2, 0) is 9.53 Å².